The molecule has 0 saturated carbocycles. The van der Waals surface area contributed by atoms with Gasteiger partial charge in [0.25, 0.3) is 5.91 Å². The Morgan fingerprint density at radius 3 is 2.52 bits per heavy atom. The lowest BCUT2D eigenvalue weighted by molar-refractivity contribution is 0.0955. The van der Waals surface area contributed by atoms with Gasteiger partial charge in [-0.25, -0.2) is 19.0 Å². The van der Waals surface area contributed by atoms with Crippen molar-refractivity contribution in [2.24, 2.45) is 10.2 Å². The summed E-state index contributed by atoms with van der Waals surface area (Å²) >= 11 is 3.30. The van der Waals surface area contributed by atoms with Gasteiger partial charge in [0.1, 0.15) is 11.5 Å². The van der Waals surface area contributed by atoms with Crippen LogP contribution >= 0.6 is 15.9 Å². The lowest BCUT2D eigenvalue weighted by Gasteiger charge is -2.00. The molecule has 0 radical (unpaired) electrons. The number of carbonyl (C=O) groups excluding carboxylic acids is 1. The summed E-state index contributed by atoms with van der Waals surface area (Å²) in [6, 6.07) is 16.3. The number of amides is 1. The van der Waals surface area contributed by atoms with Crippen molar-refractivity contribution in [2.75, 3.05) is 0 Å². The highest BCUT2D eigenvalue weighted by atomic mass is 79.9. The molecule has 9 heteroatoms. The standard InChI is InChI=1S/C18H14BrN3O4S/c19-14-3-1-2-13(10-14)18(23)22-21-11-15-6-9-17(26-15)12-4-7-16(8-5-12)27(20,24)25/h1-11H,(H,22,23)(H2,20,24,25). The normalized spacial score (nSPS) is 11.6. The smallest absolute Gasteiger partial charge is 0.271 e. The third-order valence-electron chi connectivity index (χ3n) is 3.54. The first kappa shape index (κ1) is 19.0. The van der Waals surface area contributed by atoms with Crippen LogP contribution < -0.4 is 10.6 Å². The zero-order valence-corrected chi connectivity index (χ0v) is 16.2. The first-order valence-electron chi connectivity index (χ1n) is 7.65. The van der Waals surface area contributed by atoms with Gasteiger partial charge in [0.2, 0.25) is 10.0 Å². The van der Waals surface area contributed by atoms with Crippen LogP contribution in [-0.4, -0.2) is 20.5 Å². The van der Waals surface area contributed by atoms with Gasteiger partial charge in [-0.3, -0.25) is 4.79 Å². The molecule has 0 aliphatic rings. The summed E-state index contributed by atoms with van der Waals surface area (Å²) in [6.45, 7) is 0. The minimum atomic E-state index is -3.74. The molecular formula is C18H14BrN3O4S. The summed E-state index contributed by atoms with van der Waals surface area (Å²) in [5, 5.41) is 8.95. The second kappa shape index (κ2) is 7.87. The number of primary sulfonamides is 1. The molecule has 3 aromatic rings. The Bertz CT molecular complexity index is 1110. The minimum Gasteiger partial charge on any atom is -0.455 e. The van der Waals surface area contributed by atoms with Crippen LogP contribution in [0.4, 0.5) is 0 Å². The highest BCUT2D eigenvalue weighted by Gasteiger charge is 2.09. The molecule has 0 saturated heterocycles. The number of nitrogens with zero attached hydrogens (tertiary/aromatic N) is 1. The van der Waals surface area contributed by atoms with E-state index in [9.17, 15) is 13.2 Å². The molecule has 0 spiro atoms. The van der Waals surface area contributed by atoms with E-state index in [1.54, 1.807) is 42.5 Å². The van der Waals surface area contributed by atoms with Crippen molar-refractivity contribution in [1.29, 1.82) is 0 Å². The van der Waals surface area contributed by atoms with Gasteiger partial charge in [0.15, 0.2) is 0 Å². The molecule has 0 bridgehead atoms. The van der Waals surface area contributed by atoms with E-state index in [-0.39, 0.29) is 10.8 Å². The number of halogens is 1. The molecule has 7 nitrogen and oxygen atoms in total. The molecule has 2 aromatic carbocycles. The minimum absolute atomic E-state index is 0.0230. The van der Waals surface area contributed by atoms with Crippen LogP contribution in [0.25, 0.3) is 11.3 Å². The van der Waals surface area contributed by atoms with Gasteiger partial charge in [-0.15, -0.1) is 0 Å². The molecule has 1 amide bonds. The number of benzene rings is 2. The quantitative estimate of drug-likeness (QED) is 0.461. The number of nitrogens with two attached hydrogens (primary N) is 1. The van der Waals surface area contributed by atoms with E-state index in [2.05, 4.69) is 26.5 Å². The highest BCUT2D eigenvalue weighted by molar-refractivity contribution is 9.10. The number of nitrogens with one attached hydrogen (secondary N) is 1. The van der Waals surface area contributed by atoms with Crippen LogP contribution in [0.15, 0.2) is 79.6 Å². The van der Waals surface area contributed by atoms with E-state index >= 15 is 0 Å². The highest BCUT2D eigenvalue weighted by Crippen LogP contribution is 2.23. The van der Waals surface area contributed by atoms with Crippen molar-refractivity contribution in [3.05, 3.63) is 76.5 Å². The van der Waals surface area contributed by atoms with Crippen molar-refractivity contribution in [2.45, 2.75) is 4.90 Å². The molecule has 138 valence electrons. The predicted octanol–water partition coefficient (Wildman–Crippen LogP) is 3.12. The van der Waals surface area contributed by atoms with Gasteiger partial charge >= 0.3 is 0 Å². The van der Waals surface area contributed by atoms with Crippen LogP contribution in [0.1, 0.15) is 16.1 Å². The molecule has 0 unspecified atom stereocenters. The summed E-state index contributed by atoms with van der Waals surface area (Å²) in [4.78, 5) is 12.0. The molecule has 0 atom stereocenters. The number of hydrogen-bond acceptors (Lipinski definition) is 5. The first-order valence-corrected chi connectivity index (χ1v) is 9.99. The summed E-state index contributed by atoms with van der Waals surface area (Å²) in [7, 11) is -3.74. The van der Waals surface area contributed by atoms with E-state index in [1.165, 1.54) is 18.3 Å². The Morgan fingerprint density at radius 1 is 1.11 bits per heavy atom. The molecule has 0 fully saturated rings. The monoisotopic (exact) mass is 447 g/mol. The largest absolute Gasteiger partial charge is 0.455 e. The molecule has 0 aliphatic heterocycles. The molecule has 1 aromatic heterocycles. The van der Waals surface area contributed by atoms with Crippen molar-refractivity contribution in [1.82, 2.24) is 5.43 Å². The van der Waals surface area contributed by atoms with Gasteiger partial charge in [-0.2, -0.15) is 5.10 Å². The SMILES string of the molecule is NS(=O)(=O)c1ccc(-c2ccc(C=NNC(=O)c3cccc(Br)c3)o2)cc1. The van der Waals surface area contributed by atoms with E-state index in [0.717, 1.165) is 4.47 Å². The molecular weight excluding hydrogens is 434 g/mol. The Kier molecular flexibility index (Phi) is 5.54. The maximum Gasteiger partial charge on any atom is 0.271 e. The predicted molar refractivity (Wildman–Crippen MR) is 105 cm³/mol. The van der Waals surface area contributed by atoms with Gasteiger partial charge < -0.3 is 4.42 Å². The molecule has 0 aliphatic carbocycles. The van der Waals surface area contributed by atoms with Gasteiger partial charge in [-0.1, -0.05) is 22.0 Å². The van der Waals surface area contributed by atoms with Crippen LogP contribution in [0.5, 0.6) is 0 Å². The van der Waals surface area contributed by atoms with Crippen LogP contribution in [0.3, 0.4) is 0 Å². The Morgan fingerprint density at radius 2 is 1.85 bits per heavy atom. The number of rotatable bonds is 5. The van der Waals surface area contributed by atoms with Gasteiger partial charge in [0, 0.05) is 15.6 Å². The lowest BCUT2D eigenvalue weighted by Crippen LogP contribution is -2.17. The van der Waals surface area contributed by atoms with E-state index in [0.29, 0.717) is 22.6 Å². The van der Waals surface area contributed by atoms with Crippen LogP contribution in [0, 0.1) is 0 Å². The fraction of sp³-hybridized carbons (Fsp3) is 0. The maximum absolute atomic E-state index is 12.0. The van der Waals surface area contributed by atoms with E-state index in [4.69, 9.17) is 9.56 Å². The van der Waals surface area contributed by atoms with Crippen LogP contribution in [0.2, 0.25) is 0 Å². The summed E-state index contributed by atoms with van der Waals surface area (Å²) < 4.78 is 29.0. The second-order valence-corrected chi connectivity index (χ2v) is 7.96. The number of sulfonamides is 1. The van der Waals surface area contributed by atoms with Crippen molar-refractivity contribution in [3.8, 4) is 11.3 Å². The topological polar surface area (TPSA) is 115 Å². The van der Waals surface area contributed by atoms with Crippen molar-refractivity contribution < 1.29 is 17.6 Å². The average molecular weight is 448 g/mol. The number of hydrazone groups is 1. The molecule has 27 heavy (non-hydrogen) atoms. The fourth-order valence-electron chi connectivity index (χ4n) is 2.24. The lowest BCUT2D eigenvalue weighted by atomic mass is 10.2. The van der Waals surface area contributed by atoms with Gasteiger partial charge in [0.05, 0.1) is 11.1 Å². The number of hydrogen-bond donors (Lipinski definition) is 2. The van der Waals surface area contributed by atoms with E-state index in [1.807, 2.05) is 6.07 Å². The molecule has 3 rings (SSSR count). The number of furan rings is 1. The zero-order valence-electron chi connectivity index (χ0n) is 13.8. The average Bonchev–Trinajstić information content (AvgIpc) is 3.10. The third-order valence-corrected chi connectivity index (χ3v) is 4.96. The fourth-order valence-corrected chi connectivity index (χ4v) is 3.15. The Hall–Kier alpha value is -2.75. The third kappa shape index (κ3) is 4.91. The zero-order chi connectivity index (χ0) is 19.4. The molecule has 1 heterocycles. The van der Waals surface area contributed by atoms with Crippen molar-refractivity contribution in [3.63, 3.8) is 0 Å². The molecule has 3 N–H and O–H groups in total. The summed E-state index contributed by atoms with van der Waals surface area (Å²) in [5.41, 5.74) is 3.57. The maximum atomic E-state index is 12.0. The van der Waals surface area contributed by atoms with E-state index < -0.39 is 10.0 Å². The Labute approximate surface area is 164 Å². The van der Waals surface area contributed by atoms with Crippen LogP contribution in [-0.2, 0) is 10.0 Å². The second-order valence-electron chi connectivity index (χ2n) is 5.48. The summed E-state index contributed by atoms with van der Waals surface area (Å²) in [6.07, 6.45) is 1.37. The first-order chi connectivity index (χ1) is 12.8. The summed E-state index contributed by atoms with van der Waals surface area (Å²) in [5.74, 6) is 0.601. The van der Waals surface area contributed by atoms with Gasteiger partial charge in [-0.05, 0) is 54.6 Å². The van der Waals surface area contributed by atoms with Crippen molar-refractivity contribution >= 4 is 38.1 Å². The number of carbonyl (C=O) groups is 1. The Balaban J connectivity index is 1.67.